The average molecular weight is 190 g/mol. The number of ether oxygens (including phenoxy) is 2. The van der Waals surface area contributed by atoms with E-state index < -0.39 is 9.04 Å². The Balaban J connectivity index is 1.75. The molecular weight excluding hydrogens is 172 g/mol. The van der Waals surface area contributed by atoms with Crippen molar-refractivity contribution in [3.8, 4) is 0 Å². The predicted octanol–water partition coefficient (Wildman–Crippen LogP) is 0.792. The van der Waals surface area contributed by atoms with E-state index in [1.54, 1.807) is 7.11 Å². The number of hydrogen-bond acceptors (Lipinski definition) is 3. The second-order valence-corrected chi connectivity index (χ2v) is 5.89. The minimum atomic E-state index is -0.844. The summed E-state index contributed by atoms with van der Waals surface area (Å²) in [7, 11) is 0.957. The lowest BCUT2D eigenvalue weighted by Crippen LogP contribution is -2.11. The fourth-order valence-corrected chi connectivity index (χ4v) is 1.95. The minimum absolute atomic E-state index is 0.405. The van der Waals surface area contributed by atoms with Crippen molar-refractivity contribution in [1.29, 1.82) is 0 Å². The van der Waals surface area contributed by atoms with Gasteiger partial charge in [-0.05, 0) is 19.0 Å². The summed E-state index contributed by atoms with van der Waals surface area (Å²) in [5, 5.41) is 0. The number of rotatable bonds is 7. The molecule has 4 heteroatoms. The second-order valence-electron chi connectivity index (χ2n) is 3.22. The monoisotopic (exact) mass is 190 g/mol. The van der Waals surface area contributed by atoms with Crippen molar-refractivity contribution in [2.24, 2.45) is 0 Å². The van der Waals surface area contributed by atoms with E-state index in [-0.39, 0.29) is 0 Å². The van der Waals surface area contributed by atoms with Gasteiger partial charge >= 0.3 is 0 Å². The lowest BCUT2D eigenvalue weighted by molar-refractivity contribution is 0.116. The molecule has 0 aromatic carbocycles. The van der Waals surface area contributed by atoms with Crippen molar-refractivity contribution in [3.05, 3.63) is 0 Å². The fourth-order valence-electron chi connectivity index (χ4n) is 0.970. The first-order valence-corrected chi connectivity index (χ1v) is 6.99. The van der Waals surface area contributed by atoms with Gasteiger partial charge in [0.2, 0.25) is 0 Å². The normalized spacial score (nSPS) is 24.0. The van der Waals surface area contributed by atoms with Crippen LogP contribution in [0.2, 0.25) is 12.6 Å². The molecule has 0 spiro atoms. The van der Waals surface area contributed by atoms with Crippen LogP contribution in [0.5, 0.6) is 0 Å². The number of epoxide rings is 1. The van der Waals surface area contributed by atoms with Gasteiger partial charge in [0.1, 0.15) is 6.10 Å². The maximum atomic E-state index is 5.39. The first-order valence-electron chi connectivity index (χ1n) is 4.55. The highest BCUT2D eigenvalue weighted by Crippen LogP contribution is 2.09. The van der Waals surface area contributed by atoms with E-state index in [2.05, 4.69) is 6.55 Å². The van der Waals surface area contributed by atoms with E-state index in [4.69, 9.17) is 13.9 Å². The van der Waals surface area contributed by atoms with Gasteiger partial charge < -0.3 is 13.9 Å². The van der Waals surface area contributed by atoms with Gasteiger partial charge in [0.25, 0.3) is 0 Å². The molecule has 1 rings (SSSR count). The molecule has 2 unspecified atom stereocenters. The third-order valence-electron chi connectivity index (χ3n) is 2.01. The molecule has 1 aliphatic rings. The molecule has 2 atom stereocenters. The van der Waals surface area contributed by atoms with Crippen LogP contribution in [-0.2, 0) is 13.9 Å². The third kappa shape index (κ3) is 4.87. The summed E-state index contributed by atoms with van der Waals surface area (Å²) >= 11 is 0. The SMILES string of the molecule is CO[SiH](C)CCCOCC1CO1. The van der Waals surface area contributed by atoms with E-state index in [9.17, 15) is 0 Å². The average Bonchev–Trinajstić information content (AvgIpc) is 2.87. The Morgan fingerprint density at radius 1 is 1.58 bits per heavy atom. The Labute approximate surface area is 75.7 Å². The van der Waals surface area contributed by atoms with Gasteiger partial charge in [-0.3, -0.25) is 0 Å². The van der Waals surface area contributed by atoms with Gasteiger partial charge in [-0.1, -0.05) is 0 Å². The summed E-state index contributed by atoms with van der Waals surface area (Å²) in [5.74, 6) is 0. The van der Waals surface area contributed by atoms with Crippen molar-refractivity contribution in [2.75, 3.05) is 26.9 Å². The maximum Gasteiger partial charge on any atom is 0.173 e. The van der Waals surface area contributed by atoms with Gasteiger partial charge in [-0.25, -0.2) is 0 Å². The van der Waals surface area contributed by atoms with Crippen LogP contribution in [0.4, 0.5) is 0 Å². The minimum Gasteiger partial charge on any atom is -0.423 e. The molecule has 1 fully saturated rings. The molecular formula is C8H18O3Si. The summed E-state index contributed by atoms with van der Waals surface area (Å²) in [6.45, 7) is 4.75. The van der Waals surface area contributed by atoms with E-state index in [1.807, 2.05) is 0 Å². The van der Waals surface area contributed by atoms with Gasteiger partial charge in [0.15, 0.2) is 9.04 Å². The first kappa shape index (κ1) is 10.2. The molecule has 1 heterocycles. The van der Waals surface area contributed by atoms with E-state index >= 15 is 0 Å². The van der Waals surface area contributed by atoms with E-state index in [0.717, 1.165) is 26.2 Å². The van der Waals surface area contributed by atoms with Crippen LogP contribution in [0, 0.1) is 0 Å². The van der Waals surface area contributed by atoms with Crippen LogP contribution < -0.4 is 0 Å². The maximum absolute atomic E-state index is 5.39. The summed E-state index contributed by atoms with van der Waals surface area (Å²) in [6, 6.07) is 1.21. The molecule has 3 nitrogen and oxygen atoms in total. The summed E-state index contributed by atoms with van der Waals surface area (Å²) < 4.78 is 15.7. The van der Waals surface area contributed by atoms with E-state index in [0.29, 0.717) is 6.10 Å². The molecule has 0 aliphatic carbocycles. The van der Waals surface area contributed by atoms with E-state index in [1.165, 1.54) is 6.04 Å². The van der Waals surface area contributed by atoms with Gasteiger partial charge in [0, 0.05) is 13.7 Å². The molecule has 0 bridgehead atoms. The van der Waals surface area contributed by atoms with Crippen LogP contribution in [0.1, 0.15) is 6.42 Å². The molecule has 0 aromatic heterocycles. The molecule has 0 saturated carbocycles. The molecule has 0 radical (unpaired) electrons. The van der Waals surface area contributed by atoms with Gasteiger partial charge in [-0.2, -0.15) is 0 Å². The highest BCUT2D eigenvalue weighted by atomic mass is 28.3. The summed E-state index contributed by atoms with van der Waals surface area (Å²) in [6.07, 6.45) is 1.54. The Morgan fingerprint density at radius 3 is 2.92 bits per heavy atom. The zero-order chi connectivity index (χ0) is 8.81. The fraction of sp³-hybridized carbons (Fsp3) is 1.00. The van der Waals surface area contributed by atoms with Crippen molar-refractivity contribution < 1.29 is 13.9 Å². The van der Waals surface area contributed by atoms with Gasteiger partial charge in [-0.15, -0.1) is 0 Å². The number of hydrogen-bond donors (Lipinski definition) is 0. The Morgan fingerprint density at radius 2 is 2.33 bits per heavy atom. The molecule has 0 N–H and O–H groups in total. The predicted molar refractivity (Wildman–Crippen MR) is 50.0 cm³/mol. The lowest BCUT2D eigenvalue weighted by atomic mass is 10.5. The second kappa shape index (κ2) is 5.69. The highest BCUT2D eigenvalue weighted by molar-refractivity contribution is 6.50. The first-order chi connectivity index (χ1) is 5.83. The quantitative estimate of drug-likeness (QED) is 0.338. The van der Waals surface area contributed by atoms with Gasteiger partial charge in [0.05, 0.1) is 13.2 Å². The summed E-state index contributed by atoms with van der Waals surface area (Å²) in [5.41, 5.74) is 0. The molecule has 1 aliphatic heterocycles. The Hall–Kier alpha value is 0.0969. The summed E-state index contributed by atoms with van der Waals surface area (Å²) in [4.78, 5) is 0. The van der Waals surface area contributed by atoms with Crippen LogP contribution in [0.25, 0.3) is 0 Å². The molecule has 12 heavy (non-hydrogen) atoms. The zero-order valence-electron chi connectivity index (χ0n) is 7.91. The lowest BCUT2D eigenvalue weighted by Gasteiger charge is -2.06. The molecule has 72 valence electrons. The largest absolute Gasteiger partial charge is 0.423 e. The standard InChI is InChI=1S/C8H18O3Si/c1-9-12(2)5-3-4-10-6-8-7-11-8/h8,12H,3-7H2,1-2H3. The van der Waals surface area contributed by atoms with Crippen molar-refractivity contribution in [2.45, 2.75) is 25.1 Å². The van der Waals surface area contributed by atoms with Crippen LogP contribution in [0.15, 0.2) is 0 Å². The van der Waals surface area contributed by atoms with Crippen molar-refractivity contribution in [1.82, 2.24) is 0 Å². The third-order valence-corrected chi connectivity index (χ3v) is 4.03. The topological polar surface area (TPSA) is 31.0 Å². The molecule has 0 amide bonds. The van der Waals surface area contributed by atoms with Crippen LogP contribution in [-0.4, -0.2) is 42.1 Å². The van der Waals surface area contributed by atoms with Crippen molar-refractivity contribution in [3.63, 3.8) is 0 Å². The van der Waals surface area contributed by atoms with Crippen molar-refractivity contribution >= 4 is 9.04 Å². The zero-order valence-corrected chi connectivity index (χ0v) is 9.07. The highest BCUT2D eigenvalue weighted by Gasteiger charge is 2.21. The Bertz CT molecular complexity index is 117. The Kier molecular flexibility index (Phi) is 4.83. The van der Waals surface area contributed by atoms with Crippen LogP contribution >= 0.6 is 0 Å². The van der Waals surface area contributed by atoms with Crippen LogP contribution in [0.3, 0.4) is 0 Å². The molecule has 0 aromatic rings. The molecule has 1 saturated heterocycles. The smallest absolute Gasteiger partial charge is 0.173 e.